The summed E-state index contributed by atoms with van der Waals surface area (Å²) in [6, 6.07) is 52.9. The average Bonchev–Trinajstić information content (AvgIpc) is 3.76. The number of benzene rings is 6. The molecule has 0 N–H and O–H groups in total. The van der Waals surface area contributed by atoms with E-state index in [2.05, 4.69) is 159 Å². The molecule has 0 radical (unpaired) electrons. The van der Waals surface area contributed by atoms with Crippen LogP contribution in [0.3, 0.4) is 0 Å². The molecule has 0 bridgehead atoms. The molecular weight excluding hydrogens is 613 g/mol. The van der Waals surface area contributed by atoms with Gasteiger partial charge in [-0.1, -0.05) is 91.0 Å². The summed E-state index contributed by atoms with van der Waals surface area (Å²) in [6.07, 6.45) is 5.68. The predicted molar refractivity (Wildman–Crippen MR) is 203 cm³/mol. The van der Waals surface area contributed by atoms with E-state index in [9.17, 15) is 0 Å². The highest BCUT2D eigenvalue weighted by molar-refractivity contribution is 6.13. The van der Waals surface area contributed by atoms with E-state index in [-0.39, 0.29) is 0 Å². The van der Waals surface area contributed by atoms with Gasteiger partial charge >= 0.3 is 0 Å². The summed E-state index contributed by atoms with van der Waals surface area (Å²) in [6.45, 7) is 0. The summed E-state index contributed by atoms with van der Waals surface area (Å²) in [5, 5.41) is 4.65. The molecule has 0 saturated carbocycles. The van der Waals surface area contributed by atoms with Crippen molar-refractivity contribution in [2.24, 2.45) is 0 Å². The second-order valence-electron chi connectivity index (χ2n) is 12.4. The normalized spacial score (nSPS) is 11.6. The largest absolute Gasteiger partial charge is 0.316 e. The van der Waals surface area contributed by atoms with E-state index >= 15 is 0 Å². The Morgan fingerprint density at radius 1 is 0.420 bits per heavy atom. The van der Waals surface area contributed by atoms with Gasteiger partial charge in [-0.2, -0.15) is 0 Å². The Balaban J connectivity index is 1.14. The van der Waals surface area contributed by atoms with Crippen LogP contribution in [0.1, 0.15) is 0 Å². The lowest BCUT2D eigenvalue weighted by Crippen LogP contribution is -1.98. The molecule has 4 aromatic heterocycles. The molecule has 50 heavy (non-hydrogen) atoms. The molecule has 10 aromatic rings. The fourth-order valence-electron chi connectivity index (χ4n) is 7.13. The number of hydrogen-bond donors (Lipinski definition) is 0. The van der Waals surface area contributed by atoms with Crippen molar-refractivity contribution in [1.82, 2.24) is 29.1 Å². The summed E-state index contributed by atoms with van der Waals surface area (Å²) in [5.41, 5.74) is 10.4. The Hall–Kier alpha value is -6.92. The third-order valence-electron chi connectivity index (χ3n) is 9.47. The van der Waals surface area contributed by atoms with E-state index in [0.717, 1.165) is 61.2 Å². The lowest BCUT2D eigenvalue weighted by atomic mass is 10.0. The van der Waals surface area contributed by atoms with Crippen LogP contribution in [0.25, 0.3) is 89.0 Å². The van der Waals surface area contributed by atoms with Crippen LogP contribution in [0.4, 0.5) is 0 Å². The van der Waals surface area contributed by atoms with Crippen LogP contribution >= 0.6 is 0 Å². The molecule has 0 spiro atoms. The quantitative estimate of drug-likeness (QED) is 0.188. The number of hydrogen-bond acceptors (Lipinski definition) is 4. The van der Waals surface area contributed by atoms with Crippen molar-refractivity contribution in [1.29, 1.82) is 0 Å². The van der Waals surface area contributed by atoms with E-state index in [0.29, 0.717) is 11.6 Å². The maximum atomic E-state index is 5.22. The Labute approximate surface area is 287 Å². The van der Waals surface area contributed by atoms with Crippen LogP contribution in [0.2, 0.25) is 0 Å². The number of nitrogens with zero attached hydrogens (tertiary/aromatic N) is 6. The zero-order valence-corrected chi connectivity index (χ0v) is 26.8. The Morgan fingerprint density at radius 2 is 1.16 bits per heavy atom. The van der Waals surface area contributed by atoms with Crippen molar-refractivity contribution in [3.8, 4) is 45.4 Å². The molecule has 0 aliphatic rings. The predicted octanol–water partition coefficient (Wildman–Crippen LogP) is 10.5. The molecule has 4 heterocycles. The molecule has 6 aromatic carbocycles. The molecule has 0 amide bonds. The first kappa shape index (κ1) is 28.1. The first-order chi connectivity index (χ1) is 24.8. The highest BCUT2D eigenvalue weighted by Gasteiger charge is 2.17. The van der Waals surface area contributed by atoms with Gasteiger partial charge in [-0.15, -0.1) is 0 Å². The Morgan fingerprint density at radius 3 is 2.02 bits per heavy atom. The molecule has 234 valence electrons. The highest BCUT2D eigenvalue weighted by atomic mass is 15.0. The van der Waals surface area contributed by atoms with Gasteiger partial charge in [-0.3, -0.25) is 0 Å². The van der Waals surface area contributed by atoms with E-state index in [1.807, 2.05) is 18.2 Å². The minimum Gasteiger partial charge on any atom is -0.316 e. The van der Waals surface area contributed by atoms with Crippen molar-refractivity contribution in [2.45, 2.75) is 0 Å². The zero-order valence-electron chi connectivity index (χ0n) is 26.8. The fraction of sp³-hybridized carbons (Fsp3) is 0. The third kappa shape index (κ3) is 4.58. The van der Waals surface area contributed by atoms with Gasteiger partial charge in [0.2, 0.25) is 0 Å². The Bertz CT molecular complexity index is 2850. The van der Waals surface area contributed by atoms with Crippen LogP contribution in [0.15, 0.2) is 170 Å². The molecule has 0 atom stereocenters. The van der Waals surface area contributed by atoms with Gasteiger partial charge in [0.25, 0.3) is 0 Å². The van der Waals surface area contributed by atoms with Crippen LogP contribution < -0.4 is 0 Å². The van der Waals surface area contributed by atoms with E-state index in [1.54, 1.807) is 12.4 Å². The maximum Gasteiger partial charge on any atom is 0.160 e. The van der Waals surface area contributed by atoms with Crippen molar-refractivity contribution in [3.63, 3.8) is 0 Å². The van der Waals surface area contributed by atoms with Gasteiger partial charge < -0.3 is 9.13 Å². The van der Waals surface area contributed by atoms with Gasteiger partial charge in [-0.25, -0.2) is 19.9 Å². The van der Waals surface area contributed by atoms with Gasteiger partial charge in [0.1, 0.15) is 0 Å². The van der Waals surface area contributed by atoms with Gasteiger partial charge in [0, 0.05) is 68.2 Å². The minimum absolute atomic E-state index is 0.678. The van der Waals surface area contributed by atoms with Gasteiger partial charge in [0.05, 0.1) is 27.8 Å². The van der Waals surface area contributed by atoms with Crippen molar-refractivity contribution >= 4 is 43.6 Å². The van der Waals surface area contributed by atoms with E-state index in [1.165, 1.54) is 16.2 Å². The number of aromatic nitrogens is 6. The van der Waals surface area contributed by atoms with Crippen molar-refractivity contribution in [2.75, 3.05) is 0 Å². The molecule has 0 aliphatic carbocycles. The van der Waals surface area contributed by atoms with Gasteiger partial charge in [-0.05, 0) is 60.7 Å². The molecule has 10 rings (SSSR count). The molecular formula is C44H28N6. The fourth-order valence-corrected chi connectivity index (χ4v) is 7.13. The second kappa shape index (κ2) is 11.4. The van der Waals surface area contributed by atoms with Crippen LogP contribution in [-0.2, 0) is 0 Å². The molecule has 6 nitrogen and oxygen atoms in total. The summed E-state index contributed by atoms with van der Waals surface area (Å²) in [7, 11) is 0. The summed E-state index contributed by atoms with van der Waals surface area (Å²) >= 11 is 0. The highest BCUT2D eigenvalue weighted by Crippen LogP contribution is 2.37. The second-order valence-corrected chi connectivity index (χ2v) is 12.4. The van der Waals surface area contributed by atoms with Crippen LogP contribution in [-0.4, -0.2) is 29.1 Å². The summed E-state index contributed by atoms with van der Waals surface area (Å²) in [4.78, 5) is 19.1. The lowest BCUT2D eigenvalue weighted by Gasteiger charge is -2.12. The first-order valence-electron chi connectivity index (χ1n) is 16.6. The minimum atomic E-state index is 0.678. The summed E-state index contributed by atoms with van der Waals surface area (Å²) in [5.74, 6) is 1.38. The first-order valence-corrected chi connectivity index (χ1v) is 16.6. The molecule has 0 aliphatic heterocycles. The SMILES string of the molecule is c1ccc(-n2ccc3cc4c5ccccc5n(-c5cccc(-c6nc(-c7ccc(-c8ncccn8)cc7)c7ccccc7n6)c5)c4cc32)cc1. The third-order valence-corrected chi connectivity index (χ3v) is 9.47. The van der Waals surface area contributed by atoms with E-state index in [4.69, 9.17) is 9.97 Å². The molecule has 6 heteroatoms. The maximum absolute atomic E-state index is 5.22. The average molecular weight is 641 g/mol. The van der Waals surface area contributed by atoms with Crippen LogP contribution in [0.5, 0.6) is 0 Å². The molecule has 0 unspecified atom stereocenters. The zero-order chi connectivity index (χ0) is 33.0. The van der Waals surface area contributed by atoms with E-state index < -0.39 is 0 Å². The topological polar surface area (TPSA) is 61.4 Å². The molecule has 0 saturated heterocycles. The smallest absolute Gasteiger partial charge is 0.160 e. The number of fused-ring (bicyclic) bond motifs is 5. The number of rotatable bonds is 5. The number of para-hydroxylation sites is 3. The molecule has 0 fully saturated rings. The Kier molecular flexibility index (Phi) is 6.39. The van der Waals surface area contributed by atoms with Gasteiger partial charge in [0.15, 0.2) is 11.6 Å². The monoisotopic (exact) mass is 640 g/mol. The summed E-state index contributed by atoms with van der Waals surface area (Å²) < 4.78 is 4.62. The van der Waals surface area contributed by atoms with Crippen molar-refractivity contribution < 1.29 is 0 Å². The lowest BCUT2D eigenvalue weighted by molar-refractivity contribution is 1.12. The standard InChI is InChI=1S/C44H28N6/c1-2-11-33(12-3-1)49-25-22-31-27-37-35-14-5-7-17-39(35)50(41(37)28-40(31)49)34-13-8-10-32(26-34)44-47-38-16-6-4-15-36(38)42(48-44)29-18-20-30(21-19-29)43-45-23-9-24-46-43/h1-28H. The van der Waals surface area contributed by atoms with Crippen molar-refractivity contribution in [3.05, 3.63) is 170 Å². The van der Waals surface area contributed by atoms with Crippen LogP contribution in [0, 0.1) is 0 Å².